The molecule has 5 rings (SSSR count). The van der Waals surface area contributed by atoms with Crippen LogP contribution in [0.3, 0.4) is 0 Å². The number of nitrogens with two attached hydrogens (primary N) is 1. The lowest BCUT2D eigenvalue weighted by Gasteiger charge is -2.61. The number of carbonyl (C=O) groups excluding carboxylic acids is 2. The zero-order valence-electron chi connectivity index (χ0n) is 19.7. The van der Waals surface area contributed by atoms with Gasteiger partial charge in [-0.05, 0) is 58.0 Å². The molecule has 9 nitrogen and oxygen atoms in total. The summed E-state index contributed by atoms with van der Waals surface area (Å²) in [5, 5.41) is 12.2. The fourth-order valence-electron chi connectivity index (χ4n) is 6.12. The Morgan fingerprint density at radius 3 is 2.71 bits per heavy atom. The van der Waals surface area contributed by atoms with Gasteiger partial charge in [-0.25, -0.2) is 4.79 Å². The van der Waals surface area contributed by atoms with Gasteiger partial charge in [0.2, 0.25) is 0 Å². The molecule has 0 saturated carbocycles. The minimum absolute atomic E-state index is 0. The minimum Gasteiger partial charge on any atom is -0.493 e. The molecule has 2 aliphatic heterocycles. The number of carbonyl (C=O) groups is 2. The van der Waals surface area contributed by atoms with E-state index in [1.165, 1.54) is 13.8 Å². The molecular formula is C24H31ClN2O7. The Hall–Kier alpha value is -2.33. The quantitative estimate of drug-likeness (QED) is 0.582. The summed E-state index contributed by atoms with van der Waals surface area (Å²) in [6.07, 6.45) is 1.56. The van der Waals surface area contributed by atoms with Crippen molar-refractivity contribution in [2.24, 2.45) is 5.73 Å². The van der Waals surface area contributed by atoms with Gasteiger partial charge in [-0.2, -0.15) is 0 Å². The van der Waals surface area contributed by atoms with Crippen LogP contribution < -0.4 is 15.2 Å². The second kappa shape index (κ2) is 8.41. The molecule has 1 saturated heterocycles. The standard InChI is InChI=1S/C24H30N2O7.ClH/c1-12(25)21(27)31-13(2)22(28)32-16-7-8-24(29)17-11-14-5-6-15(30-4)19-18(14)23(24,20(16)33-19)9-10-26(17)3;/h5-7,12-13,17,20,29H,8-11,25H2,1-4H3;1H/t12-,13-,17+,20-,23-,24+;/m0./s1. The minimum atomic E-state index is -1.13. The molecule has 2 heterocycles. The van der Waals surface area contributed by atoms with Crippen LogP contribution in [0.5, 0.6) is 11.5 Å². The monoisotopic (exact) mass is 494 g/mol. The van der Waals surface area contributed by atoms with Gasteiger partial charge in [0, 0.05) is 18.0 Å². The summed E-state index contributed by atoms with van der Waals surface area (Å²) >= 11 is 0. The van der Waals surface area contributed by atoms with Gasteiger partial charge in [-0.1, -0.05) is 6.07 Å². The topological polar surface area (TPSA) is 121 Å². The molecular weight excluding hydrogens is 464 g/mol. The lowest BCUT2D eigenvalue weighted by Crippen LogP contribution is -2.74. The Morgan fingerprint density at radius 1 is 1.29 bits per heavy atom. The van der Waals surface area contributed by atoms with E-state index in [2.05, 4.69) is 4.90 Å². The average molecular weight is 495 g/mol. The smallest absolute Gasteiger partial charge is 0.352 e. The van der Waals surface area contributed by atoms with E-state index in [9.17, 15) is 14.7 Å². The van der Waals surface area contributed by atoms with Crippen molar-refractivity contribution in [3.63, 3.8) is 0 Å². The van der Waals surface area contributed by atoms with E-state index in [-0.39, 0.29) is 18.4 Å². The van der Waals surface area contributed by atoms with Crippen LogP contribution in [0.15, 0.2) is 24.0 Å². The van der Waals surface area contributed by atoms with Gasteiger partial charge in [-0.3, -0.25) is 4.79 Å². The number of aliphatic hydroxyl groups is 1. The Balaban J connectivity index is 0.00000274. The number of likely N-dealkylation sites (tertiary alicyclic amines) is 1. The molecule has 1 aromatic rings. The van der Waals surface area contributed by atoms with Crippen LogP contribution >= 0.6 is 12.4 Å². The molecule has 2 aliphatic carbocycles. The highest BCUT2D eigenvalue weighted by atomic mass is 35.5. The van der Waals surface area contributed by atoms with E-state index in [0.717, 1.165) is 17.7 Å². The highest BCUT2D eigenvalue weighted by molar-refractivity contribution is 5.85. The SMILES string of the molecule is COc1ccc2c3c1O[C@H]1C(OC(=O)[C@H](C)OC(=O)[C@H](C)N)=CC[C@@]4(O)[C@@H](C2)N(C)CC[C@]314.Cl. The fourth-order valence-corrected chi connectivity index (χ4v) is 6.12. The summed E-state index contributed by atoms with van der Waals surface area (Å²) in [7, 11) is 3.61. The molecule has 2 bridgehead atoms. The van der Waals surface area contributed by atoms with Crippen LogP contribution in [-0.2, 0) is 30.9 Å². The molecule has 1 fully saturated rings. The van der Waals surface area contributed by atoms with Crippen molar-refractivity contribution >= 4 is 24.3 Å². The first-order valence-electron chi connectivity index (χ1n) is 11.3. The summed E-state index contributed by atoms with van der Waals surface area (Å²) in [4.78, 5) is 26.8. The third kappa shape index (κ3) is 3.17. The number of piperidine rings is 1. The molecule has 10 heteroatoms. The highest BCUT2D eigenvalue weighted by Crippen LogP contribution is 2.65. The first-order chi connectivity index (χ1) is 15.6. The molecule has 186 valence electrons. The number of hydrogen-bond acceptors (Lipinski definition) is 9. The van der Waals surface area contributed by atoms with E-state index in [1.54, 1.807) is 13.2 Å². The first-order valence-corrected chi connectivity index (χ1v) is 11.3. The van der Waals surface area contributed by atoms with Crippen LogP contribution in [0.4, 0.5) is 0 Å². The number of hydrogen-bond donors (Lipinski definition) is 2. The van der Waals surface area contributed by atoms with E-state index >= 15 is 0 Å². The second-order valence-corrected chi connectivity index (χ2v) is 9.57. The van der Waals surface area contributed by atoms with Crippen molar-refractivity contribution < 1.29 is 33.6 Å². The fraction of sp³-hybridized carbons (Fsp3) is 0.583. The maximum atomic E-state index is 12.8. The number of rotatable bonds is 5. The van der Waals surface area contributed by atoms with Gasteiger partial charge in [-0.15, -0.1) is 12.4 Å². The maximum Gasteiger partial charge on any atom is 0.352 e. The number of benzene rings is 1. The van der Waals surface area contributed by atoms with Gasteiger partial charge in [0.15, 0.2) is 23.7 Å². The number of nitrogens with zero attached hydrogens (tertiary/aromatic N) is 1. The Bertz CT molecular complexity index is 1060. The molecule has 4 aliphatic rings. The predicted molar refractivity (Wildman–Crippen MR) is 124 cm³/mol. The Labute approximate surface area is 204 Å². The molecule has 0 radical (unpaired) electrons. The van der Waals surface area contributed by atoms with Crippen LogP contribution in [0.2, 0.25) is 0 Å². The number of halogens is 1. The summed E-state index contributed by atoms with van der Waals surface area (Å²) in [6.45, 7) is 3.70. The summed E-state index contributed by atoms with van der Waals surface area (Å²) < 4.78 is 22.9. The molecule has 6 atom stereocenters. The summed E-state index contributed by atoms with van der Waals surface area (Å²) in [6, 6.07) is 2.98. The highest BCUT2D eigenvalue weighted by Gasteiger charge is 2.72. The van der Waals surface area contributed by atoms with E-state index in [4.69, 9.17) is 24.7 Å². The molecule has 0 unspecified atom stereocenters. The largest absolute Gasteiger partial charge is 0.493 e. The van der Waals surface area contributed by atoms with Crippen LogP contribution in [-0.4, -0.2) is 72.5 Å². The first kappa shape index (κ1) is 24.8. The Kier molecular flexibility index (Phi) is 6.13. The summed E-state index contributed by atoms with van der Waals surface area (Å²) in [5.41, 5.74) is 5.75. The predicted octanol–water partition coefficient (Wildman–Crippen LogP) is 1.22. The van der Waals surface area contributed by atoms with Gasteiger partial charge in [0.1, 0.15) is 11.8 Å². The molecule has 0 aromatic heterocycles. The lowest BCUT2D eigenvalue weighted by atomic mass is 9.50. The molecule has 0 amide bonds. The third-order valence-electron chi connectivity index (χ3n) is 7.77. The van der Waals surface area contributed by atoms with E-state index in [1.807, 2.05) is 19.2 Å². The van der Waals surface area contributed by atoms with Crippen molar-refractivity contribution in [1.82, 2.24) is 4.90 Å². The van der Waals surface area contributed by atoms with Crippen LogP contribution in [0.25, 0.3) is 0 Å². The van der Waals surface area contributed by atoms with Gasteiger partial charge in [0.25, 0.3) is 0 Å². The zero-order chi connectivity index (χ0) is 23.7. The second-order valence-electron chi connectivity index (χ2n) is 9.57. The number of ether oxygens (including phenoxy) is 4. The van der Waals surface area contributed by atoms with Crippen molar-refractivity contribution in [3.8, 4) is 11.5 Å². The maximum absolute atomic E-state index is 12.8. The molecule has 1 aromatic carbocycles. The van der Waals surface area contributed by atoms with E-state index < -0.39 is 41.2 Å². The molecule has 34 heavy (non-hydrogen) atoms. The van der Waals surface area contributed by atoms with Gasteiger partial charge >= 0.3 is 11.9 Å². The van der Waals surface area contributed by atoms with Crippen LogP contribution in [0.1, 0.15) is 37.8 Å². The van der Waals surface area contributed by atoms with Crippen molar-refractivity contribution in [1.29, 1.82) is 0 Å². The number of likely N-dealkylation sites (N-methyl/N-ethyl adjacent to an activating group) is 1. The van der Waals surface area contributed by atoms with Crippen LogP contribution in [0, 0.1) is 0 Å². The average Bonchev–Trinajstić information content (AvgIpc) is 3.13. The van der Waals surface area contributed by atoms with Crippen molar-refractivity contribution in [2.75, 3.05) is 20.7 Å². The third-order valence-corrected chi connectivity index (χ3v) is 7.77. The lowest BCUT2D eigenvalue weighted by molar-refractivity contribution is -0.175. The number of methoxy groups -OCH3 is 1. The molecule has 3 N–H and O–H groups in total. The van der Waals surface area contributed by atoms with Crippen molar-refractivity contribution in [2.45, 2.75) is 68.4 Å². The normalized spacial score (nSPS) is 32.2. The molecule has 1 spiro atoms. The zero-order valence-corrected chi connectivity index (χ0v) is 20.5. The summed E-state index contributed by atoms with van der Waals surface area (Å²) in [5.74, 6) is 0.102. The van der Waals surface area contributed by atoms with Crippen molar-refractivity contribution in [3.05, 3.63) is 35.1 Å². The van der Waals surface area contributed by atoms with E-state index in [0.29, 0.717) is 36.5 Å². The van der Waals surface area contributed by atoms with Gasteiger partial charge in [0.05, 0.1) is 18.1 Å². The number of esters is 2. The Morgan fingerprint density at radius 2 is 2.03 bits per heavy atom. The van der Waals surface area contributed by atoms with Gasteiger partial charge < -0.3 is 34.7 Å².